The van der Waals surface area contributed by atoms with Crippen molar-refractivity contribution in [2.75, 3.05) is 40.9 Å². The number of phosphoric acid groups is 1. The Labute approximate surface area is 552 Å². The van der Waals surface area contributed by atoms with Gasteiger partial charge in [0, 0.05) is 6.42 Å². The number of nitrogens with zero attached hydrogens (tertiary/aromatic N) is 1. The lowest BCUT2D eigenvalue weighted by Gasteiger charge is -2.25. The number of quaternary nitrogens is 1. The van der Waals surface area contributed by atoms with Gasteiger partial charge in [-0.25, -0.2) is 4.57 Å². The van der Waals surface area contributed by atoms with Crippen molar-refractivity contribution in [3.63, 3.8) is 0 Å². The Balaban J connectivity index is 4.02. The third kappa shape index (κ3) is 72.4. The molecular weight excluding hydrogens is 1120 g/mol. The minimum Gasteiger partial charge on any atom is -0.387 e. The summed E-state index contributed by atoms with van der Waals surface area (Å²) in [5.74, 6) is -0.187. The van der Waals surface area contributed by atoms with Crippen LogP contribution < -0.4 is 5.32 Å². The van der Waals surface area contributed by atoms with E-state index in [9.17, 15) is 19.4 Å². The molecule has 3 N–H and O–H groups in total. The molecule has 0 heterocycles. The molecule has 3 unspecified atom stereocenters. The number of carbonyl (C=O) groups excluding carboxylic acids is 1. The fourth-order valence-corrected chi connectivity index (χ4v) is 11.6. The van der Waals surface area contributed by atoms with E-state index in [2.05, 4.69) is 116 Å². The summed E-state index contributed by atoms with van der Waals surface area (Å²) in [6.07, 6.45) is 103. The quantitative estimate of drug-likeness (QED) is 0.0243. The van der Waals surface area contributed by atoms with Crippen LogP contribution in [0.15, 0.2) is 109 Å². The third-order valence-corrected chi connectivity index (χ3v) is 17.7. The zero-order valence-corrected chi connectivity index (χ0v) is 60.0. The third-order valence-electron chi connectivity index (χ3n) is 16.7. The number of carbonyl (C=O) groups is 1. The molecule has 0 aromatic carbocycles. The Kier molecular flexibility index (Phi) is 67.3. The molecule has 0 aromatic rings. The fourth-order valence-electron chi connectivity index (χ4n) is 10.9. The summed E-state index contributed by atoms with van der Waals surface area (Å²) in [7, 11) is 1.55. The number of nitrogens with one attached hydrogen (secondary N) is 1. The number of hydrogen-bond acceptors (Lipinski definition) is 5. The maximum atomic E-state index is 13.1. The number of likely N-dealkylation sites (N-methyl/N-ethyl adjacent to an activating group) is 1. The van der Waals surface area contributed by atoms with E-state index in [0.29, 0.717) is 17.4 Å². The molecular formula is C80H146N2O6P+. The molecule has 0 bridgehead atoms. The first kappa shape index (κ1) is 86.2. The minimum absolute atomic E-state index is 0.0518. The zero-order chi connectivity index (χ0) is 64.8. The lowest BCUT2D eigenvalue weighted by atomic mass is 10.0. The van der Waals surface area contributed by atoms with Crippen LogP contribution in [-0.4, -0.2) is 73.4 Å². The maximum absolute atomic E-state index is 13.1. The smallest absolute Gasteiger partial charge is 0.387 e. The molecule has 0 aliphatic heterocycles. The predicted octanol–water partition coefficient (Wildman–Crippen LogP) is 24.6. The Bertz CT molecular complexity index is 1820. The van der Waals surface area contributed by atoms with Crippen molar-refractivity contribution in [3.8, 4) is 0 Å². The van der Waals surface area contributed by atoms with Crippen LogP contribution in [0.1, 0.15) is 341 Å². The van der Waals surface area contributed by atoms with Gasteiger partial charge in [0.25, 0.3) is 0 Å². The van der Waals surface area contributed by atoms with Gasteiger partial charge in [-0.2, -0.15) is 0 Å². The van der Waals surface area contributed by atoms with Crippen LogP contribution in [0.5, 0.6) is 0 Å². The van der Waals surface area contributed by atoms with E-state index in [-0.39, 0.29) is 19.1 Å². The van der Waals surface area contributed by atoms with Crippen molar-refractivity contribution in [1.29, 1.82) is 0 Å². The summed E-state index contributed by atoms with van der Waals surface area (Å²) < 4.78 is 23.8. The second kappa shape index (κ2) is 69.5. The van der Waals surface area contributed by atoms with Gasteiger partial charge in [-0.3, -0.25) is 13.8 Å². The predicted molar refractivity (Wildman–Crippen MR) is 392 cm³/mol. The second-order valence-electron chi connectivity index (χ2n) is 26.6. The molecule has 516 valence electrons. The normalized spacial score (nSPS) is 14.2. The summed E-state index contributed by atoms with van der Waals surface area (Å²) in [5, 5.41) is 14.0. The van der Waals surface area contributed by atoms with Crippen LogP contribution in [-0.2, 0) is 18.4 Å². The van der Waals surface area contributed by atoms with Gasteiger partial charge in [0.1, 0.15) is 13.2 Å². The van der Waals surface area contributed by atoms with Crippen molar-refractivity contribution in [2.24, 2.45) is 0 Å². The molecule has 1 amide bonds. The van der Waals surface area contributed by atoms with Gasteiger partial charge < -0.3 is 19.8 Å². The van der Waals surface area contributed by atoms with Crippen molar-refractivity contribution in [2.45, 2.75) is 353 Å². The van der Waals surface area contributed by atoms with Crippen molar-refractivity contribution in [3.05, 3.63) is 109 Å². The highest BCUT2D eigenvalue weighted by Gasteiger charge is 2.28. The maximum Gasteiger partial charge on any atom is 0.472 e. The molecule has 0 saturated carbocycles. The Hall–Kier alpha value is -2.84. The molecule has 0 rings (SSSR count). The number of allylic oxidation sites excluding steroid dienone is 17. The molecule has 89 heavy (non-hydrogen) atoms. The van der Waals surface area contributed by atoms with E-state index in [1.807, 2.05) is 27.2 Å². The van der Waals surface area contributed by atoms with E-state index < -0.39 is 20.0 Å². The van der Waals surface area contributed by atoms with Gasteiger partial charge in [0.2, 0.25) is 5.91 Å². The molecule has 9 heteroatoms. The van der Waals surface area contributed by atoms with E-state index >= 15 is 0 Å². The highest BCUT2D eigenvalue weighted by atomic mass is 31.2. The van der Waals surface area contributed by atoms with Gasteiger partial charge in [-0.15, -0.1) is 0 Å². The molecule has 0 fully saturated rings. The Morgan fingerprint density at radius 2 is 0.685 bits per heavy atom. The lowest BCUT2D eigenvalue weighted by molar-refractivity contribution is -0.870. The summed E-state index contributed by atoms with van der Waals surface area (Å²) in [6.45, 7) is 4.71. The van der Waals surface area contributed by atoms with Crippen molar-refractivity contribution < 1.29 is 32.9 Å². The average molecular weight is 1260 g/mol. The Morgan fingerprint density at radius 3 is 1.03 bits per heavy atom. The first-order valence-corrected chi connectivity index (χ1v) is 39.3. The monoisotopic (exact) mass is 1260 g/mol. The topological polar surface area (TPSA) is 105 Å². The van der Waals surface area contributed by atoms with Crippen LogP contribution in [0.3, 0.4) is 0 Å². The number of amides is 1. The highest BCUT2D eigenvalue weighted by Crippen LogP contribution is 2.43. The first-order valence-electron chi connectivity index (χ1n) is 37.8. The zero-order valence-electron chi connectivity index (χ0n) is 59.2. The minimum atomic E-state index is -4.37. The molecule has 8 nitrogen and oxygen atoms in total. The second-order valence-corrected chi connectivity index (χ2v) is 28.1. The van der Waals surface area contributed by atoms with Crippen LogP contribution in [0.4, 0.5) is 0 Å². The molecule has 0 aliphatic carbocycles. The molecule has 0 aromatic heterocycles. The van der Waals surface area contributed by atoms with Crippen LogP contribution in [0.2, 0.25) is 0 Å². The van der Waals surface area contributed by atoms with Gasteiger partial charge in [0.05, 0.1) is 39.9 Å². The van der Waals surface area contributed by atoms with Crippen molar-refractivity contribution in [1.82, 2.24) is 5.32 Å². The molecule has 0 aliphatic rings. The first-order chi connectivity index (χ1) is 43.5. The largest absolute Gasteiger partial charge is 0.472 e. The van der Waals surface area contributed by atoms with E-state index in [4.69, 9.17) is 9.05 Å². The van der Waals surface area contributed by atoms with Crippen LogP contribution in [0.25, 0.3) is 0 Å². The van der Waals surface area contributed by atoms with E-state index in [1.54, 1.807) is 6.08 Å². The molecule has 0 spiro atoms. The van der Waals surface area contributed by atoms with Gasteiger partial charge in [-0.05, 0) is 96.3 Å². The summed E-state index contributed by atoms with van der Waals surface area (Å²) >= 11 is 0. The SMILES string of the molecule is CC/C=C\C/C=C\C/C=C\C/C=C\C/C=C\C/C=C\CCCCCCCCCCCCCCCCCCCCCCCCC(=O)NC(COP(=O)(O)OCC[N+](C)(C)C)C(O)/C=C/CC/C=C/CC/C=C/CCCCCCCCCCCCCCCCCC. The number of rotatable bonds is 69. The number of phosphoric ester groups is 1. The molecule has 0 saturated heterocycles. The van der Waals surface area contributed by atoms with Crippen molar-refractivity contribution >= 4 is 13.7 Å². The summed E-state index contributed by atoms with van der Waals surface area (Å²) in [5.41, 5.74) is 0. The number of hydrogen-bond donors (Lipinski definition) is 3. The fraction of sp³-hybridized carbons (Fsp3) is 0.762. The number of aliphatic hydroxyl groups excluding tert-OH is 1. The van der Waals surface area contributed by atoms with Crippen LogP contribution in [0, 0.1) is 0 Å². The van der Waals surface area contributed by atoms with E-state index in [1.165, 1.54) is 238 Å². The Morgan fingerprint density at radius 1 is 0.393 bits per heavy atom. The van der Waals surface area contributed by atoms with Gasteiger partial charge in [-0.1, -0.05) is 348 Å². The number of aliphatic hydroxyl groups is 1. The summed E-state index contributed by atoms with van der Waals surface area (Å²) in [6, 6.07) is -0.875. The number of unbranched alkanes of at least 4 members (excludes halogenated alkanes) is 40. The van der Waals surface area contributed by atoms with E-state index in [0.717, 1.165) is 83.5 Å². The van der Waals surface area contributed by atoms with Gasteiger partial charge in [0.15, 0.2) is 0 Å². The summed E-state index contributed by atoms with van der Waals surface area (Å²) in [4.78, 5) is 23.4. The van der Waals surface area contributed by atoms with Gasteiger partial charge >= 0.3 is 7.82 Å². The average Bonchev–Trinajstić information content (AvgIpc) is 3.61. The highest BCUT2D eigenvalue weighted by molar-refractivity contribution is 7.47. The molecule has 0 radical (unpaired) electrons. The standard InChI is InChI=1S/C80H145N2O6P/c1-6-8-10-12-14-16-18-20-22-24-26-28-30-32-34-35-36-37-38-39-40-41-42-43-44-45-46-47-48-50-52-54-56-58-60-62-64-66-68-70-72-74-80(84)81-78(77-88-89(85,86)87-76-75-82(3,4)5)79(83)73-71-69-67-65-63-61-59-57-55-53-51-49-33-31-29-27-25-23-21-19-17-15-13-11-9-7-2/h8,10,14,16,20,22,26,28,32,34,36-37,55,57,63,65,71,73,78-79,83H,6-7,9,11-13,15,17-19,21,23-25,27,29-31,33,35,38-54,56,58-62,64,66-70,72,74-77H2,1-5H3,(H-,81,84,85,86)/p+1/b10-8-,16-14-,22-20-,28-26-,34-32-,37-36-,57-55+,65-63+,73-71+. The lowest BCUT2D eigenvalue weighted by Crippen LogP contribution is -2.45. The van der Waals surface area contributed by atoms with Crippen LogP contribution >= 0.6 is 7.82 Å². The molecule has 3 atom stereocenters.